The number of fused-ring (bicyclic) bond motifs is 1. The van der Waals surface area contributed by atoms with E-state index in [0.717, 1.165) is 0 Å². The second-order valence-electron chi connectivity index (χ2n) is 10.6. The molecular weight excluding hydrogens is 352 g/mol. The molecule has 0 aromatic heterocycles. The fourth-order valence-electron chi connectivity index (χ4n) is 8.53. The molecule has 0 aromatic carbocycles. The summed E-state index contributed by atoms with van der Waals surface area (Å²) in [7, 11) is 0. The SMILES string of the molecule is C[C@@H]1COC2[C@H]1[C@@]13OC4OCCC45[C@H](C(C)(C)C)[C@@H](O)C(OC1=O)C53[C@H]2O. The highest BCUT2D eigenvalue weighted by molar-refractivity contribution is 5.87. The van der Waals surface area contributed by atoms with Crippen molar-refractivity contribution < 1.29 is 34.0 Å². The number of carbonyl (C=O) groups is 1. The molecule has 150 valence electrons. The highest BCUT2D eigenvalue weighted by atomic mass is 16.7. The van der Waals surface area contributed by atoms with Gasteiger partial charge in [0.15, 0.2) is 11.9 Å². The maximum atomic E-state index is 13.3. The lowest BCUT2D eigenvalue weighted by Gasteiger charge is -2.47. The molecule has 6 aliphatic rings. The Hall–Kier alpha value is -0.730. The summed E-state index contributed by atoms with van der Waals surface area (Å²) in [5.41, 5.74) is -3.28. The number of aliphatic hydroxyl groups is 2. The largest absolute Gasteiger partial charge is 0.457 e. The Morgan fingerprint density at radius 2 is 1.93 bits per heavy atom. The van der Waals surface area contributed by atoms with E-state index in [1.807, 2.05) is 6.92 Å². The van der Waals surface area contributed by atoms with Gasteiger partial charge in [0, 0.05) is 17.3 Å². The zero-order chi connectivity index (χ0) is 19.1. The first-order valence-corrected chi connectivity index (χ1v) is 10.1. The predicted octanol–water partition coefficient (Wildman–Crippen LogP) is 0.462. The molecule has 4 saturated heterocycles. The van der Waals surface area contributed by atoms with Crippen molar-refractivity contribution in [1.29, 1.82) is 0 Å². The summed E-state index contributed by atoms with van der Waals surface area (Å²) < 4.78 is 24.4. The van der Waals surface area contributed by atoms with Gasteiger partial charge in [0.2, 0.25) is 0 Å². The van der Waals surface area contributed by atoms with Crippen molar-refractivity contribution in [3.63, 3.8) is 0 Å². The van der Waals surface area contributed by atoms with E-state index in [-0.39, 0.29) is 23.2 Å². The summed E-state index contributed by atoms with van der Waals surface area (Å²) in [4.78, 5) is 13.3. The number of carbonyl (C=O) groups excluding carboxylic acids is 1. The highest BCUT2D eigenvalue weighted by Gasteiger charge is 2.98. The average Bonchev–Trinajstić information content (AvgIpc) is 3.30. The molecule has 4 heterocycles. The number of ether oxygens (including phenoxy) is 4. The van der Waals surface area contributed by atoms with Crippen LogP contribution in [-0.4, -0.2) is 65.7 Å². The van der Waals surface area contributed by atoms with Gasteiger partial charge in [-0.3, -0.25) is 0 Å². The third-order valence-corrected chi connectivity index (χ3v) is 8.77. The molecule has 2 spiro atoms. The fourth-order valence-corrected chi connectivity index (χ4v) is 8.53. The van der Waals surface area contributed by atoms with E-state index >= 15 is 0 Å². The van der Waals surface area contributed by atoms with Gasteiger partial charge in [-0.25, -0.2) is 4.79 Å². The minimum atomic E-state index is -1.30. The second kappa shape index (κ2) is 4.54. The Kier molecular flexibility index (Phi) is 2.88. The van der Waals surface area contributed by atoms with Gasteiger partial charge in [-0.2, -0.15) is 0 Å². The fraction of sp³-hybridized carbons (Fsp3) is 0.950. The quantitative estimate of drug-likeness (QED) is 0.590. The van der Waals surface area contributed by atoms with Gasteiger partial charge < -0.3 is 29.2 Å². The standard InChI is InChI=1S/C20H28O7/c1-8-7-25-11-9(8)20-15(23)26-14-10(21)12(17(2,3)4)18(19(14,20)13(11)22)5-6-24-16(18)27-20/h8-14,16,21-22H,5-7H2,1-4H3/t8-,9+,10-,11?,12+,13+,14?,16?,18?,19?,20-/m1/s1. The van der Waals surface area contributed by atoms with E-state index in [4.69, 9.17) is 18.9 Å². The van der Waals surface area contributed by atoms with Crippen molar-refractivity contribution in [3.05, 3.63) is 0 Å². The summed E-state index contributed by atoms with van der Waals surface area (Å²) in [5.74, 6) is -0.916. The van der Waals surface area contributed by atoms with Gasteiger partial charge in [-0.1, -0.05) is 27.7 Å². The minimum Gasteiger partial charge on any atom is -0.457 e. The Morgan fingerprint density at radius 3 is 2.63 bits per heavy atom. The molecule has 7 heteroatoms. The molecule has 5 unspecified atom stereocenters. The lowest BCUT2D eigenvalue weighted by atomic mass is 9.52. The number of esters is 1. The zero-order valence-corrected chi connectivity index (χ0v) is 16.2. The van der Waals surface area contributed by atoms with Crippen LogP contribution in [0.1, 0.15) is 34.1 Å². The molecule has 6 fully saturated rings. The second-order valence-corrected chi connectivity index (χ2v) is 10.6. The molecule has 7 nitrogen and oxygen atoms in total. The molecule has 0 radical (unpaired) electrons. The van der Waals surface area contributed by atoms with Crippen molar-refractivity contribution in [2.45, 2.75) is 70.4 Å². The Morgan fingerprint density at radius 1 is 1.19 bits per heavy atom. The molecule has 11 atom stereocenters. The monoisotopic (exact) mass is 380 g/mol. The van der Waals surface area contributed by atoms with Crippen LogP contribution in [0.5, 0.6) is 0 Å². The maximum Gasteiger partial charge on any atom is 0.340 e. The summed E-state index contributed by atoms with van der Waals surface area (Å²) >= 11 is 0. The van der Waals surface area contributed by atoms with Crippen LogP contribution in [-0.2, 0) is 23.7 Å². The molecule has 0 amide bonds. The van der Waals surface area contributed by atoms with E-state index in [9.17, 15) is 15.0 Å². The van der Waals surface area contributed by atoms with E-state index < -0.39 is 53.1 Å². The molecule has 2 saturated carbocycles. The van der Waals surface area contributed by atoms with Crippen molar-refractivity contribution >= 4 is 5.97 Å². The van der Waals surface area contributed by atoms with Gasteiger partial charge in [-0.05, 0) is 17.8 Å². The topological polar surface area (TPSA) is 94.5 Å². The van der Waals surface area contributed by atoms with Crippen LogP contribution in [0.2, 0.25) is 0 Å². The maximum absolute atomic E-state index is 13.3. The van der Waals surface area contributed by atoms with Crippen LogP contribution in [0.15, 0.2) is 0 Å². The smallest absolute Gasteiger partial charge is 0.340 e. The number of rotatable bonds is 0. The molecule has 2 aliphatic carbocycles. The summed E-state index contributed by atoms with van der Waals surface area (Å²) in [6, 6.07) is 0. The first-order chi connectivity index (χ1) is 12.7. The third kappa shape index (κ3) is 1.36. The van der Waals surface area contributed by atoms with Gasteiger partial charge in [-0.15, -0.1) is 0 Å². The molecule has 0 aromatic rings. The normalized spacial score (nSPS) is 63.1. The molecule has 27 heavy (non-hydrogen) atoms. The number of aliphatic hydroxyl groups excluding tert-OH is 2. The number of hydrogen-bond donors (Lipinski definition) is 2. The highest BCUT2D eigenvalue weighted by Crippen LogP contribution is 2.83. The van der Waals surface area contributed by atoms with E-state index in [0.29, 0.717) is 19.6 Å². The van der Waals surface area contributed by atoms with Crippen LogP contribution in [0.25, 0.3) is 0 Å². The average molecular weight is 380 g/mol. The van der Waals surface area contributed by atoms with Crippen LogP contribution in [0, 0.1) is 34.0 Å². The molecule has 0 bridgehead atoms. The predicted molar refractivity (Wildman–Crippen MR) is 90.3 cm³/mol. The van der Waals surface area contributed by atoms with Crippen LogP contribution in [0.3, 0.4) is 0 Å². The zero-order valence-electron chi connectivity index (χ0n) is 16.2. The van der Waals surface area contributed by atoms with Crippen molar-refractivity contribution in [3.8, 4) is 0 Å². The Balaban J connectivity index is 1.68. The van der Waals surface area contributed by atoms with Crippen molar-refractivity contribution in [2.75, 3.05) is 13.2 Å². The van der Waals surface area contributed by atoms with Crippen LogP contribution in [0.4, 0.5) is 0 Å². The van der Waals surface area contributed by atoms with Crippen molar-refractivity contribution in [2.24, 2.45) is 34.0 Å². The van der Waals surface area contributed by atoms with Gasteiger partial charge >= 0.3 is 5.97 Å². The van der Waals surface area contributed by atoms with E-state index in [2.05, 4.69) is 20.8 Å². The van der Waals surface area contributed by atoms with Gasteiger partial charge in [0.05, 0.1) is 36.9 Å². The molecule has 6 rings (SSSR count). The summed E-state index contributed by atoms with van der Waals surface area (Å²) in [6.07, 6.45) is -3.05. The van der Waals surface area contributed by atoms with E-state index in [1.165, 1.54) is 0 Å². The summed E-state index contributed by atoms with van der Waals surface area (Å²) in [6.45, 7) is 9.27. The van der Waals surface area contributed by atoms with Crippen LogP contribution >= 0.6 is 0 Å². The Bertz CT molecular complexity index is 732. The van der Waals surface area contributed by atoms with Crippen molar-refractivity contribution in [1.82, 2.24) is 0 Å². The molecule has 2 N–H and O–H groups in total. The molecule has 4 aliphatic heterocycles. The first kappa shape index (κ1) is 17.2. The minimum absolute atomic E-state index is 0.0528. The third-order valence-electron chi connectivity index (χ3n) is 8.77. The van der Waals surface area contributed by atoms with Gasteiger partial charge in [0.25, 0.3) is 0 Å². The lowest BCUT2D eigenvalue weighted by Crippen LogP contribution is -2.59. The van der Waals surface area contributed by atoms with E-state index in [1.54, 1.807) is 0 Å². The molecular formula is C20H28O7. The lowest BCUT2D eigenvalue weighted by molar-refractivity contribution is -0.205. The van der Waals surface area contributed by atoms with Gasteiger partial charge in [0.1, 0.15) is 6.10 Å². The Labute approximate surface area is 158 Å². The summed E-state index contributed by atoms with van der Waals surface area (Å²) in [5, 5.41) is 23.1. The number of hydrogen-bond acceptors (Lipinski definition) is 7. The van der Waals surface area contributed by atoms with Crippen LogP contribution < -0.4 is 0 Å². The first-order valence-electron chi connectivity index (χ1n) is 10.1.